The van der Waals surface area contributed by atoms with Crippen LogP contribution in [0.15, 0.2) is 47.6 Å². The number of piperidine rings is 1. The Morgan fingerprint density at radius 3 is 2.53 bits per heavy atom. The van der Waals surface area contributed by atoms with Gasteiger partial charge in [0.15, 0.2) is 0 Å². The maximum atomic E-state index is 13.8. The average Bonchev–Trinajstić information content (AvgIpc) is 2.88. The Morgan fingerprint density at radius 1 is 1.16 bits per heavy atom. The molecular formula is C29H36F3N5O. The first-order valence-corrected chi connectivity index (χ1v) is 13.4. The molecule has 2 N–H and O–H groups in total. The van der Waals surface area contributed by atoms with Crippen molar-refractivity contribution in [3.63, 3.8) is 0 Å². The predicted molar refractivity (Wildman–Crippen MR) is 142 cm³/mol. The van der Waals surface area contributed by atoms with Gasteiger partial charge in [-0.1, -0.05) is 37.3 Å². The summed E-state index contributed by atoms with van der Waals surface area (Å²) in [6.45, 7) is 4.34. The van der Waals surface area contributed by atoms with Crippen LogP contribution in [0, 0.1) is 17.8 Å². The summed E-state index contributed by atoms with van der Waals surface area (Å²) in [5, 5.41) is 0. The molecule has 1 aliphatic carbocycles. The number of nitrogens with two attached hydrogens (primary N) is 1. The summed E-state index contributed by atoms with van der Waals surface area (Å²) >= 11 is 0. The lowest BCUT2D eigenvalue weighted by molar-refractivity contribution is -0.138. The number of aryl methyl sites for hydroxylation is 2. The summed E-state index contributed by atoms with van der Waals surface area (Å²) < 4.78 is 41.4. The van der Waals surface area contributed by atoms with Gasteiger partial charge in [0.05, 0.1) is 17.7 Å². The highest BCUT2D eigenvalue weighted by molar-refractivity contribution is 5.98. The molecule has 1 aromatic carbocycles. The maximum absolute atomic E-state index is 13.8. The summed E-state index contributed by atoms with van der Waals surface area (Å²) in [4.78, 5) is 26.7. The van der Waals surface area contributed by atoms with Crippen LogP contribution in [-0.4, -0.2) is 46.6 Å². The minimum Gasteiger partial charge on any atom is -0.369 e. The first-order valence-electron chi connectivity index (χ1n) is 13.4. The van der Waals surface area contributed by atoms with E-state index in [1.165, 1.54) is 12.8 Å². The van der Waals surface area contributed by atoms with E-state index in [-0.39, 0.29) is 36.8 Å². The van der Waals surface area contributed by atoms with Gasteiger partial charge in [0.25, 0.3) is 0 Å². The average molecular weight is 528 g/mol. The number of aliphatic imine (C=N–C) groups is 1. The lowest BCUT2D eigenvalue weighted by atomic mass is 9.74. The highest BCUT2D eigenvalue weighted by atomic mass is 19.4. The molecule has 2 unspecified atom stereocenters. The van der Waals surface area contributed by atoms with E-state index in [9.17, 15) is 18.0 Å². The summed E-state index contributed by atoms with van der Waals surface area (Å²) in [6.07, 6.45) is 5.13. The lowest BCUT2D eigenvalue weighted by Crippen LogP contribution is -2.35. The number of carbonyl (C=O) groups excluding carboxylic acids is 1. The van der Waals surface area contributed by atoms with Crippen molar-refractivity contribution in [1.82, 2.24) is 14.9 Å². The van der Waals surface area contributed by atoms with Crippen molar-refractivity contribution in [3.05, 3.63) is 65.0 Å². The minimum atomic E-state index is -4.58. The molecular weight excluding hydrogens is 491 g/mol. The largest absolute Gasteiger partial charge is 0.419 e. The molecule has 1 aliphatic heterocycles. The molecule has 0 spiro atoms. The Bertz CT molecular complexity index is 1180. The molecule has 6 nitrogen and oxygen atoms in total. The molecule has 0 saturated carbocycles. The van der Waals surface area contributed by atoms with Gasteiger partial charge < -0.3 is 10.6 Å². The molecule has 2 aliphatic rings. The van der Waals surface area contributed by atoms with Crippen molar-refractivity contribution in [3.8, 4) is 0 Å². The maximum Gasteiger partial charge on any atom is 0.419 e. The number of hydrogen-bond acceptors (Lipinski definition) is 5. The summed E-state index contributed by atoms with van der Waals surface area (Å²) in [5.41, 5.74) is 6.69. The molecule has 204 valence electrons. The van der Waals surface area contributed by atoms with Gasteiger partial charge in [-0.05, 0) is 87.7 Å². The van der Waals surface area contributed by atoms with Crippen LogP contribution in [-0.2, 0) is 30.2 Å². The smallest absolute Gasteiger partial charge is 0.369 e. The molecule has 9 heteroatoms. The number of primary amides is 1. The number of amides is 1. The number of alkyl halides is 3. The van der Waals surface area contributed by atoms with E-state index in [0.29, 0.717) is 17.4 Å². The molecule has 2 atom stereocenters. The number of likely N-dealkylation sites (tertiary alicyclic amines) is 1. The van der Waals surface area contributed by atoms with Crippen molar-refractivity contribution in [2.24, 2.45) is 28.5 Å². The van der Waals surface area contributed by atoms with E-state index in [2.05, 4.69) is 39.9 Å². The van der Waals surface area contributed by atoms with Crippen LogP contribution in [0.1, 0.15) is 55.0 Å². The standard InChI is InChI=1S/C29H36F3N5O/c1-3-19-16-23(21-12-14-37(2)15-13-21)9-10-25(19)35-28-34-18-24(29(30,31)32)26(36-28)11-8-20-6-4-5-7-22(20)17-27(33)38/h4-7,9-10,18-19,21,23H,3,8,11-17H2,1-2H3,(H2,33,38). The van der Waals surface area contributed by atoms with Crippen LogP contribution in [0.3, 0.4) is 0 Å². The SMILES string of the molecule is CCC1CC(C2CCN(C)CC2)C=CC1=Nc1ncc(C(F)(F)F)c(CCc2ccccc2CC(N)=O)n1. The fourth-order valence-electron chi connectivity index (χ4n) is 5.61. The zero-order chi connectivity index (χ0) is 27.3. The van der Waals surface area contributed by atoms with Crippen LogP contribution < -0.4 is 5.73 Å². The Morgan fingerprint density at radius 2 is 1.87 bits per heavy atom. The van der Waals surface area contributed by atoms with Gasteiger partial charge in [-0.3, -0.25) is 4.79 Å². The molecule has 1 saturated heterocycles. The van der Waals surface area contributed by atoms with E-state index in [0.717, 1.165) is 43.4 Å². The molecule has 1 aromatic heterocycles. The lowest BCUT2D eigenvalue weighted by Gasteiger charge is -2.36. The fraction of sp³-hybridized carbons (Fsp3) is 0.517. The van der Waals surface area contributed by atoms with Crippen LogP contribution >= 0.6 is 0 Å². The molecule has 0 radical (unpaired) electrons. The molecule has 2 heterocycles. The third-order valence-corrected chi connectivity index (χ3v) is 7.85. The van der Waals surface area contributed by atoms with Gasteiger partial charge >= 0.3 is 6.18 Å². The quantitative estimate of drug-likeness (QED) is 0.503. The number of carbonyl (C=O) groups is 1. The van der Waals surface area contributed by atoms with E-state index in [4.69, 9.17) is 5.73 Å². The van der Waals surface area contributed by atoms with Crippen LogP contribution in [0.2, 0.25) is 0 Å². The van der Waals surface area contributed by atoms with Crippen molar-refractivity contribution in [1.29, 1.82) is 0 Å². The van der Waals surface area contributed by atoms with E-state index >= 15 is 0 Å². The number of hydrogen-bond donors (Lipinski definition) is 1. The number of rotatable bonds is 8. The van der Waals surface area contributed by atoms with E-state index < -0.39 is 17.6 Å². The Hall–Kier alpha value is -3.07. The first kappa shape index (κ1) is 28.0. The number of benzene rings is 1. The third-order valence-electron chi connectivity index (χ3n) is 7.85. The number of aromatic nitrogens is 2. The summed E-state index contributed by atoms with van der Waals surface area (Å²) in [6, 6.07) is 7.14. The first-order chi connectivity index (χ1) is 18.1. The minimum absolute atomic E-state index is 0.0360. The zero-order valence-electron chi connectivity index (χ0n) is 22.0. The Kier molecular flexibility index (Phi) is 8.97. The zero-order valence-corrected chi connectivity index (χ0v) is 22.0. The highest BCUT2D eigenvalue weighted by Gasteiger charge is 2.35. The van der Waals surface area contributed by atoms with Crippen LogP contribution in [0.4, 0.5) is 19.1 Å². The summed E-state index contributed by atoms with van der Waals surface area (Å²) in [5.74, 6) is 0.938. The fourth-order valence-corrected chi connectivity index (χ4v) is 5.61. The molecule has 0 bridgehead atoms. The normalized spacial score (nSPS) is 22.2. The van der Waals surface area contributed by atoms with Crippen molar-refractivity contribution >= 4 is 17.6 Å². The molecule has 4 rings (SSSR count). The number of nitrogens with zero attached hydrogens (tertiary/aromatic N) is 4. The topological polar surface area (TPSA) is 84.5 Å². The van der Waals surface area contributed by atoms with Gasteiger partial charge in [-0.15, -0.1) is 0 Å². The van der Waals surface area contributed by atoms with Crippen molar-refractivity contribution in [2.75, 3.05) is 20.1 Å². The second-order valence-corrected chi connectivity index (χ2v) is 10.5. The second kappa shape index (κ2) is 12.2. The molecule has 1 fully saturated rings. The second-order valence-electron chi connectivity index (χ2n) is 10.5. The van der Waals surface area contributed by atoms with E-state index in [1.54, 1.807) is 24.3 Å². The van der Waals surface area contributed by atoms with Crippen molar-refractivity contribution < 1.29 is 18.0 Å². The van der Waals surface area contributed by atoms with Gasteiger partial charge in [0, 0.05) is 17.8 Å². The number of allylic oxidation sites excluding steroid dienone is 2. The third kappa shape index (κ3) is 7.07. The number of halogens is 3. The molecule has 1 amide bonds. The van der Waals surface area contributed by atoms with Gasteiger partial charge in [0.2, 0.25) is 11.9 Å². The predicted octanol–water partition coefficient (Wildman–Crippen LogP) is 5.33. The van der Waals surface area contributed by atoms with Gasteiger partial charge in [-0.25, -0.2) is 15.0 Å². The van der Waals surface area contributed by atoms with Gasteiger partial charge in [-0.2, -0.15) is 13.2 Å². The van der Waals surface area contributed by atoms with E-state index in [1.807, 2.05) is 6.08 Å². The molecule has 38 heavy (non-hydrogen) atoms. The van der Waals surface area contributed by atoms with Crippen LogP contribution in [0.5, 0.6) is 0 Å². The van der Waals surface area contributed by atoms with Crippen LogP contribution in [0.25, 0.3) is 0 Å². The Labute approximate surface area is 222 Å². The van der Waals surface area contributed by atoms with Crippen molar-refractivity contribution in [2.45, 2.75) is 58.0 Å². The highest BCUT2D eigenvalue weighted by Crippen LogP contribution is 2.36. The summed E-state index contributed by atoms with van der Waals surface area (Å²) in [7, 11) is 2.16. The Balaban J connectivity index is 1.57. The van der Waals surface area contributed by atoms with Gasteiger partial charge in [0.1, 0.15) is 0 Å². The monoisotopic (exact) mass is 527 g/mol. The molecule has 2 aromatic rings.